The van der Waals surface area contributed by atoms with Gasteiger partial charge in [-0.05, 0) is 25.0 Å². The molecule has 1 atom stereocenters. The van der Waals surface area contributed by atoms with Gasteiger partial charge < -0.3 is 28.3 Å². The fourth-order valence-corrected chi connectivity index (χ4v) is 6.24. The first kappa shape index (κ1) is 49.8. The van der Waals surface area contributed by atoms with Gasteiger partial charge in [-0.1, -0.05) is 135 Å². The molecule has 0 spiro atoms. The fourth-order valence-electron chi connectivity index (χ4n) is 4.89. The van der Waals surface area contributed by atoms with E-state index in [2.05, 4.69) is 11.4 Å². The van der Waals surface area contributed by atoms with E-state index in [-0.39, 0.29) is 65.1 Å². The molecule has 0 aliphatic carbocycles. The van der Waals surface area contributed by atoms with Gasteiger partial charge in [0.25, 0.3) is 6.47 Å². The van der Waals surface area contributed by atoms with Gasteiger partial charge in [0, 0.05) is 12.2 Å². The van der Waals surface area contributed by atoms with Crippen LogP contribution in [0.4, 0.5) is 0 Å². The Morgan fingerprint density at radius 2 is 1.14 bits per heavy atom. The van der Waals surface area contributed by atoms with Crippen LogP contribution in [0.2, 0.25) is 0 Å². The Hall–Kier alpha value is 1.40. The number of hydrogen-bond acceptors (Lipinski definition) is 9. The molecule has 0 bridgehead atoms. The number of phosphoric ester groups is 1. The molecule has 44 heavy (non-hydrogen) atoms. The van der Waals surface area contributed by atoms with Gasteiger partial charge in [0.2, 0.25) is 0 Å². The maximum Gasteiger partial charge on any atom is 1.00 e. The quantitative estimate of drug-likeness (QED) is 0.0330. The zero-order valence-corrected chi connectivity index (χ0v) is 34.3. The summed E-state index contributed by atoms with van der Waals surface area (Å²) in [6, 6.07) is 0. The van der Waals surface area contributed by atoms with Crippen molar-refractivity contribution in [3.8, 4) is 0 Å². The Kier molecular flexibility index (Phi) is 44.0. The van der Waals surface area contributed by atoms with Crippen molar-refractivity contribution < 1.29 is 97.1 Å². The van der Waals surface area contributed by atoms with Gasteiger partial charge >= 0.3 is 65.1 Å². The zero-order chi connectivity index (χ0) is 31.0. The van der Waals surface area contributed by atoms with Crippen LogP contribution < -0.4 is 68.9 Å². The third kappa shape index (κ3) is 41.4. The molecule has 0 rings (SSSR count). The number of unbranched alkanes of at least 4 members (excludes halogenated alkanes) is 21. The summed E-state index contributed by atoms with van der Waals surface area (Å²) in [4.78, 5) is 44.2. The number of phosphoric acid groups is 1. The Morgan fingerprint density at radius 3 is 1.59 bits per heavy atom. The van der Waals surface area contributed by atoms with Crippen LogP contribution in [0.5, 0.6) is 0 Å². The Bertz CT molecular complexity index is 658. The van der Waals surface area contributed by atoms with Crippen LogP contribution in [-0.2, 0) is 28.2 Å². The monoisotopic (exact) mass is 682 g/mol. The number of hydrogen-bond donors (Lipinski definition) is 0. The summed E-state index contributed by atoms with van der Waals surface area (Å²) < 4.78 is 25.5. The van der Waals surface area contributed by atoms with Crippen LogP contribution in [0.15, 0.2) is 0 Å². The van der Waals surface area contributed by atoms with Gasteiger partial charge in [-0.3, -0.25) is 9.59 Å². The zero-order valence-electron chi connectivity index (χ0n) is 28.6. The van der Waals surface area contributed by atoms with E-state index in [1.165, 1.54) is 103 Å². The van der Waals surface area contributed by atoms with Crippen molar-refractivity contribution in [2.75, 3.05) is 24.7 Å². The summed E-state index contributed by atoms with van der Waals surface area (Å²) in [5, 5.41) is 0. The summed E-state index contributed by atoms with van der Waals surface area (Å²) in [6.45, 7) is 2.88. The smallest absolute Gasteiger partial charge is 0.790 e. The predicted octanol–water partition coefficient (Wildman–Crippen LogP) is 2.04. The van der Waals surface area contributed by atoms with E-state index in [1.54, 1.807) is 11.8 Å². The molecule has 12 heteroatoms. The van der Waals surface area contributed by atoms with E-state index >= 15 is 0 Å². The van der Waals surface area contributed by atoms with Crippen molar-refractivity contribution >= 4 is 32.0 Å². The molecule has 8 nitrogen and oxygen atoms in total. The van der Waals surface area contributed by atoms with Crippen LogP contribution in [-0.4, -0.2) is 43.3 Å². The molecule has 0 unspecified atom stereocenters. The molecule has 0 saturated heterocycles. The molecular weight excluding hydrogens is 621 g/mol. The molecule has 0 radical (unpaired) electrons. The second-order valence-corrected chi connectivity index (χ2v) is 13.7. The Morgan fingerprint density at radius 1 is 0.705 bits per heavy atom. The van der Waals surface area contributed by atoms with Crippen LogP contribution in [0, 0.1) is 0 Å². The second kappa shape index (κ2) is 38.8. The number of carbonyl (C=O) groups excluding carboxylic acids is 2. The van der Waals surface area contributed by atoms with Crippen molar-refractivity contribution in [1.82, 2.24) is 0 Å². The summed E-state index contributed by atoms with van der Waals surface area (Å²) >= 11 is 1.61. The molecule has 0 saturated carbocycles. The van der Waals surface area contributed by atoms with E-state index in [9.17, 15) is 23.9 Å². The van der Waals surface area contributed by atoms with E-state index in [4.69, 9.17) is 9.47 Å². The molecule has 0 aliphatic heterocycles. The number of esters is 1. The average molecular weight is 683 g/mol. The number of ether oxygens (including phenoxy) is 2. The minimum atomic E-state index is -5.10. The molecule has 0 aliphatic rings. The molecule has 0 N–H and O–H groups in total. The molecule has 0 aromatic heterocycles. The van der Waals surface area contributed by atoms with Crippen LogP contribution in [0.1, 0.15) is 161 Å². The summed E-state index contributed by atoms with van der Waals surface area (Å²) in [6.07, 6.45) is 27.1. The molecule has 0 amide bonds. The van der Waals surface area contributed by atoms with Crippen molar-refractivity contribution in [2.24, 2.45) is 0 Å². The van der Waals surface area contributed by atoms with E-state index < -0.39 is 20.5 Å². The molecule has 0 aromatic rings. The first-order valence-electron chi connectivity index (χ1n) is 16.9. The predicted molar refractivity (Wildman–Crippen MR) is 169 cm³/mol. The number of carbonyl (C=O) groups is 2. The minimum Gasteiger partial charge on any atom is -0.790 e. The van der Waals surface area contributed by atoms with E-state index in [0.717, 1.165) is 50.7 Å². The van der Waals surface area contributed by atoms with Crippen LogP contribution in [0.3, 0.4) is 0 Å². The van der Waals surface area contributed by atoms with Gasteiger partial charge in [-0.2, -0.15) is 11.8 Å². The average Bonchev–Trinajstić information content (AvgIpc) is 2.95. The maximum absolute atomic E-state index is 12.3. The molecule has 0 aromatic carbocycles. The van der Waals surface area contributed by atoms with Gasteiger partial charge in [0.15, 0.2) is 0 Å². The Labute approximate surface area is 318 Å². The SMILES string of the molecule is CCCCCCCCCCCCCC(=O)O[C@H](COP(=O)([O-])[O-])CSCCCCCCCCCCCCCCOC=O.[Na+].[Na+]. The minimum absolute atomic E-state index is 0. The van der Waals surface area contributed by atoms with Gasteiger partial charge in [0.1, 0.15) is 6.10 Å². The molecule has 250 valence electrons. The fraction of sp³-hybridized carbons (Fsp3) is 0.938. The summed E-state index contributed by atoms with van der Waals surface area (Å²) in [5.41, 5.74) is 0. The van der Waals surface area contributed by atoms with Crippen molar-refractivity contribution in [3.63, 3.8) is 0 Å². The third-order valence-corrected chi connectivity index (χ3v) is 9.02. The first-order valence-corrected chi connectivity index (χ1v) is 19.5. The van der Waals surface area contributed by atoms with Crippen LogP contribution >= 0.6 is 19.6 Å². The topological polar surface area (TPSA) is 125 Å². The number of rotatable bonds is 34. The van der Waals surface area contributed by atoms with E-state index in [0.29, 0.717) is 25.3 Å². The maximum atomic E-state index is 12.3. The molecule has 0 heterocycles. The molecular formula is C32H61Na2O8PS. The summed E-state index contributed by atoms with van der Waals surface area (Å²) in [7, 11) is -5.10. The van der Waals surface area contributed by atoms with Gasteiger partial charge in [-0.25, -0.2) is 0 Å². The van der Waals surface area contributed by atoms with E-state index in [1.807, 2.05) is 0 Å². The summed E-state index contributed by atoms with van der Waals surface area (Å²) in [5.74, 6) is 0.973. The largest absolute Gasteiger partial charge is 1.00 e. The van der Waals surface area contributed by atoms with Crippen molar-refractivity contribution in [1.29, 1.82) is 0 Å². The first-order chi connectivity index (χ1) is 20.4. The third-order valence-electron chi connectivity index (χ3n) is 7.37. The van der Waals surface area contributed by atoms with Crippen LogP contribution in [0.25, 0.3) is 0 Å². The van der Waals surface area contributed by atoms with Gasteiger partial charge in [0.05, 0.1) is 21.0 Å². The number of thioether (sulfide) groups is 1. The van der Waals surface area contributed by atoms with Crippen molar-refractivity contribution in [2.45, 2.75) is 167 Å². The van der Waals surface area contributed by atoms with Crippen molar-refractivity contribution in [3.05, 3.63) is 0 Å². The molecule has 0 fully saturated rings. The normalized spacial score (nSPS) is 11.8. The van der Waals surface area contributed by atoms with Gasteiger partial charge in [-0.15, -0.1) is 0 Å². The Balaban J connectivity index is -0.00000840. The second-order valence-electron chi connectivity index (χ2n) is 11.4. The standard InChI is InChI=1S/C32H63O8PS.2Na/c1-2-3-4-5-6-7-10-13-16-19-22-25-32(34)40-31(28-39-41(35,36)37)29-42-27-24-21-18-15-12-9-8-11-14-17-20-23-26-38-30-33;;/h30-31H,2-29H2,1H3,(H2,35,36,37);;/q;2*+1/p-2/t31-;;/m1../s1.